The first-order valence-corrected chi connectivity index (χ1v) is 12.2. The number of amides is 1. The van der Waals surface area contributed by atoms with Gasteiger partial charge in [-0.25, -0.2) is 4.68 Å². The molecule has 1 fully saturated rings. The summed E-state index contributed by atoms with van der Waals surface area (Å²) in [7, 11) is -1.30. The van der Waals surface area contributed by atoms with Crippen molar-refractivity contribution in [2.75, 3.05) is 38.5 Å². The Kier molecular flexibility index (Phi) is 6.99. The second-order valence-electron chi connectivity index (χ2n) is 7.78. The smallest absolute Gasteiger partial charge is 0.235 e. The minimum absolute atomic E-state index is 0.0209. The summed E-state index contributed by atoms with van der Waals surface area (Å²) in [6.07, 6.45) is 6.78. The number of aromatic nitrogens is 3. The van der Waals surface area contributed by atoms with Crippen LogP contribution in [0.15, 0.2) is 61.1 Å². The lowest BCUT2D eigenvalue weighted by Gasteiger charge is -2.34. The van der Waals surface area contributed by atoms with Crippen molar-refractivity contribution in [3.63, 3.8) is 0 Å². The first kappa shape index (κ1) is 21.5. The lowest BCUT2D eigenvalue weighted by Crippen LogP contribution is -2.49. The highest BCUT2D eigenvalue weighted by Gasteiger charge is 2.23. The van der Waals surface area contributed by atoms with E-state index < -0.39 is 10.8 Å². The van der Waals surface area contributed by atoms with Gasteiger partial charge in [-0.2, -0.15) is 5.10 Å². The lowest BCUT2D eigenvalue weighted by molar-refractivity contribution is -0.130. The fourth-order valence-corrected chi connectivity index (χ4v) is 5.09. The molecule has 1 saturated heterocycles. The Bertz CT molecular complexity index is 1010. The Morgan fingerprint density at radius 2 is 1.74 bits per heavy atom. The third kappa shape index (κ3) is 5.14. The van der Waals surface area contributed by atoms with Crippen LogP contribution in [-0.4, -0.2) is 72.7 Å². The molecule has 164 valence electrons. The maximum absolute atomic E-state index is 12.9. The maximum atomic E-state index is 12.9. The summed E-state index contributed by atoms with van der Waals surface area (Å²) in [5.74, 6) is 1.18. The molecule has 1 aromatic carbocycles. The molecule has 0 unspecified atom stereocenters. The van der Waals surface area contributed by atoms with Crippen molar-refractivity contribution in [3.8, 4) is 11.5 Å². The topological polar surface area (TPSA) is 63.4 Å². The molecule has 4 rings (SSSR count). The standard InChI is InChI=1S/C23H29N5O2S/c1-2-10-25-13-15-26(16-14-25)22(29)19-31(30)18-20-17-24-28(21-8-4-3-5-9-21)23(20)27-11-6-7-12-27/h3-9,11-12,17H,2,10,13-16,18-19H2,1H3/t31-/m0/s1. The van der Waals surface area contributed by atoms with Gasteiger partial charge >= 0.3 is 0 Å². The molecule has 7 nitrogen and oxygen atoms in total. The molecule has 0 aliphatic carbocycles. The summed E-state index contributed by atoms with van der Waals surface area (Å²) in [6.45, 7) is 6.47. The van der Waals surface area contributed by atoms with Crippen LogP contribution in [0.25, 0.3) is 11.5 Å². The Balaban J connectivity index is 1.45. The SMILES string of the molecule is CCCN1CCN(C(=O)C[S@@](=O)Cc2cnn(-c3ccccc3)c2-n2cccc2)CC1. The predicted molar refractivity (Wildman–Crippen MR) is 123 cm³/mol. The van der Waals surface area contributed by atoms with Crippen LogP contribution in [-0.2, 0) is 21.3 Å². The van der Waals surface area contributed by atoms with Crippen molar-refractivity contribution < 1.29 is 9.00 Å². The van der Waals surface area contributed by atoms with Gasteiger partial charge in [0.05, 0.1) is 17.6 Å². The summed E-state index contributed by atoms with van der Waals surface area (Å²) in [4.78, 5) is 16.9. The molecule has 0 radical (unpaired) electrons. The van der Waals surface area contributed by atoms with Crippen LogP contribution in [0.2, 0.25) is 0 Å². The van der Waals surface area contributed by atoms with Gasteiger partial charge in [0, 0.05) is 54.9 Å². The zero-order chi connectivity index (χ0) is 21.6. The van der Waals surface area contributed by atoms with E-state index in [0.29, 0.717) is 5.75 Å². The second kappa shape index (κ2) is 10.1. The van der Waals surface area contributed by atoms with Crippen molar-refractivity contribution in [1.82, 2.24) is 24.1 Å². The van der Waals surface area contributed by atoms with Crippen LogP contribution >= 0.6 is 0 Å². The quantitative estimate of drug-likeness (QED) is 0.541. The molecule has 0 bridgehead atoms. The van der Waals surface area contributed by atoms with Crippen molar-refractivity contribution in [2.24, 2.45) is 0 Å². The number of piperazine rings is 1. The number of para-hydroxylation sites is 1. The Morgan fingerprint density at radius 3 is 2.42 bits per heavy atom. The third-order valence-corrected chi connectivity index (χ3v) is 6.73. The van der Waals surface area contributed by atoms with Gasteiger partial charge in [-0.3, -0.25) is 13.9 Å². The molecule has 8 heteroatoms. The molecule has 3 aromatic rings. The molecule has 1 atom stereocenters. The molecule has 0 N–H and O–H groups in total. The third-order valence-electron chi connectivity index (χ3n) is 5.53. The molecule has 1 amide bonds. The molecule has 0 saturated carbocycles. The van der Waals surface area contributed by atoms with E-state index in [0.717, 1.165) is 56.2 Å². The Hall–Kier alpha value is -2.71. The maximum Gasteiger partial charge on any atom is 0.235 e. The molecule has 1 aliphatic heterocycles. The summed E-state index contributed by atoms with van der Waals surface area (Å²) < 4.78 is 16.7. The monoisotopic (exact) mass is 439 g/mol. The first-order chi connectivity index (χ1) is 15.2. The second-order valence-corrected chi connectivity index (χ2v) is 9.24. The van der Waals surface area contributed by atoms with Crippen LogP contribution < -0.4 is 0 Å². The van der Waals surface area contributed by atoms with Gasteiger partial charge < -0.3 is 9.47 Å². The first-order valence-electron chi connectivity index (χ1n) is 10.8. The summed E-state index contributed by atoms with van der Waals surface area (Å²) >= 11 is 0. The summed E-state index contributed by atoms with van der Waals surface area (Å²) in [5, 5.41) is 4.55. The molecular formula is C23H29N5O2S. The van der Waals surface area contributed by atoms with Crippen molar-refractivity contribution >= 4 is 16.7 Å². The van der Waals surface area contributed by atoms with Gasteiger partial charge in [-0.05, 0) is 37.2 Å². The van der Waals surface area contributed by atoms with E-state index in [1.165, 1.54) is 0 Å². The fourth-order valence-electron chi connectivity index (χ4n) is 3.98. The summed E-state index contributed by atoms with van der Waals surface area (Å²) in [6, 6.07) is 13.8. The largest absolute Gasteiger partial charge is 0.339 e. The van der Waals surface area contributed by atoms with Gasteiger partial charge in [0.1, 0.15) is 11.6 Å². The normalized spacial score (nSPS) is 15.8. The Morgan fingerprint density at radius 1 is 1.03 bits per heavy atom. The highest BCUT2D eigenvalue weighted by molar-refractivity contribution is 7.84. The number of carbonyl (C=O) groups is 1. The van der Waals surface area contributed by atoms with E-state index in [9.17, 15) is 9.00 Å². The van der Waals surface area contributed by atoms with Crippen molar-refractivity contribution in [3.05, 3.63) is 66.6 Å². The zero-order valence-electron chi connectivity index (χ0n) is 17.9. The number of hydrogen-bond acceptors (Lipinski definition) is 4. The summed E-state index contributed by atoms with van der Waals surface area (Å²) in [5.41, 5.74) is 1.79. The number of rotatable bonds is 8. The number of carbonyl (C=O) groups excluding carboxylic acids is 1. The zero-order valence-corrected chi connectivity index (χ0v) is 18.7. The average Bonchev–Trinajstić information content (AvgIpc) is 3.45. The van der Waals surface area contributed by atoms with E-state index in [1.54, 1.807) is 6.20 Å². The molecular weight excluding hydrogens is 410 g/mol. The highest BCUT2D eigenvalue weighted by atomic mass is 32.2. The van der Waals surface area contributed by atoms with E-state index in [2.05, 4.69) is 16.9 Å². The molecule has 0 spiro atoms. The average molecular weight is 440 g/mol. The van der Waals surface area contributed by atoms with E-state index in [4.69, 9.17) is 0 Å². The van der Waals surface area contributed by atoms with Crippen LogP contribution in [0.3, 0.4) is 0 Å². The minimum atomic E-state index is -1.30. The van der Waals surface area contributed by atoms with Gasteiger partial charge in [0.25, 0.3) is 0 Å². The molecule has 1 aliphatic rings. The fraction of sp³-hybridized carbons (Fsp3) is 0.391. The molecule has 2 aromatic heterocycles. The lowest BCUT2D eigenvalue weighted by atomic mass is 10.3. The van der Waals surface area contributed by atoms with Crippen LogP contribution in [0.1, 0.15) is 18.9 Å². The van der Waals surface area contributed by atoms with Crippen LogP contribution in [0, 0.1) is 0 Å². The van der Waals surface area contributed by atoms with Crippen molar-refractivity contribution in [1.29, 1.82) is 0 Å². The minimum Gasteiger partial charge on any atom is -0.339 e. The molecule has 3 heterocycles. The van der Waals surface area contributed by atoms with Gasteiger partial charge in [-0.15, -0.1) is 0 Å². The van der Waals surface area contributed by atoms with E-state index >= 15 is 0 Å². The van der Waals surface area contributed by atoms with Crippen molar-refractivity contribution in [2.45, 2.75) is 19.1 Å². The van der Waals surface area contributed by atoms with Gasteiger partial charge in [-0.1, -0.05) is 25.1 Å². The highest BCUT2D eigenvalue weighted by Crippen LogP contribution is 2.21. The van der Waals surface area contributed by atoms with E-state index in [-0.39, 0.29) is 11.7 Å². The Labute approximate surface area is 185 Å². The van der Waals surface area contributed by atoms with Crippen LogP contribution in [0.5, 0.6) is 0 Å². The van der Waals surface area contributed by atoms with Gasteiger partial charge in [0.15, 0.2) is 0 Å². The number of nitrogens with zero attached hydrogens (tertiary/aromatic N) is 5. The number of hydrogen-bond donors (Lipinski definition) is 0. The predicted octanol–water partition coefficient (Wildman–Crippen LogP) is 2.47. The number of benzene rings is 1. The van der Waals surface area contributed by atoms with Gasteiger partial charge in [0.2, 0.25) is 5.91 Å². The van der Waals surface area contributed by atoms with E-state index in [1.807, 2.05) is 69.0 Å². The van der Waals surface area contributed by atoms with Crippen LogP contribution in [0.4, 0.5) is 0 Å². The molecule has 31 heavy (non-hydrogen) atoms.